The molecule has 0 aromatic carbocycles. The second-order valence-corrected chi connectivity index (χ2v) is 7.33. The van der Waals surface area contributed by atoms with Gasteiger partial charge in [-0.15, -0.1) is 11.3 Å². The molecule has 2 heterocycles. The van der Waals surface area contributed by atoms with Crippen LogP contribution in [0.2, 0.25) is 0 Å². The number of hydrogen-bond donors (Lipinski definition) is 1. The fourth-order valence-corrected chi connectivity index (χ4v) is 3.45. The van der Waals surface area contributed by atoms with Gasteiger partial charge in [0.2, 0.25) is 0 Å². The quantitative estimate of drug-likeness (QED) is 0.902. The van der Waals surface area contributed by atoms with E-state index < -0.39 is 21.0 Å². The smallest absolute Gasteiger partial charge is 0.259 e. The molecule has 1 atom stereocenters. The molecule has 0 saturated carbocycles. The van der Waals surface area contributed by atoms with Crippen molar-refractivity contribution >= 4 is 37.3 Å². The van der Waals surface area contributed by atoms with E-state index in [0.29, 0.717) is 15.8 Å². The molecule has 2 aromatic rings. The molecule has 1 amide bonds. The van der Waals surface area contributed by atoms with Crippen molar-refractivity contribution in [3.8, 4) is 0 Å². The number of thiophene rings is 1. The van der Waals surface area contributed by atoms with Crippen LogP contribution in [0.4, 0.5) is 0 Å². The van der Waals surface area contributed by atoms with Crippen molar-refractivity contribution in [2.45, 2.75) is 12.2 Å². The lowest BCUT2D eigenvalue weighted by Gasteiger charge is -2.09. The van der Waals surface area contributed by atoms with Gasteiger partial charge in [0.25, 0.3) is 5.91 Å². The van der Waals surface area contributed by atoms with E-state index in [1.807, 2.05) is 0 Å². The van der Waals surface area contributed by atoms with Crippen LogP contribution in [0.3, 0.4) is 0 Å². The van der Waals surface area contributed by atoms with Crippen LogP contribution in [0.5, 0.6) is 0 Å². The topological polar surface area (TPSA) is 103 Å². The summed E-state index contributed by atoms with van der Waals surface area (Å²) in [5.74, 6) is -0.650. The minimum Gasteiger partial charge on any atom is -0.365 e. The molecular formula is C10H11N3O3S2. The van der Waals surface area contributed by atoms with Crippen molar-refractivity contribution in [2.75, 3.05) is 6.26 Å². The largest absolute Gasteiger partial charge is 0.365 e. The average molecular weight is 285 g/mol. The minimum absolute atomic E-state index is 0.225. The summed E-state index contributed by atoms with van der Waals surface area (Å²) in [6.07, 6.45) is 3.98. The number of hydrogen-bond acceptors (Lipinski definition) is 6. The van der Waals surface area contributed by atoms with Crippen molar-refractivity contribution in [1.29, 1.82) is 0 Å². The highest BCUT2D eigenvalue weighted by atomic mass is 32.2. The van der Waals surface area contributed by atoms with Gasteiger partial charge in [-0.25, -0.2) is 18.4 Å². The summed E-state index contributed by atoms with van der Waals surface area (Å²) in [5, 5.41) is -0.830. The Morgan fingerprint density at radius 2 is 2.17 bits per heavy atom. The van der Waals surface area contributed by atoms with Crippen LogP contribution in [-0.2, 0) is 9.84 Å². The first-order chi connectivity index (χ1) is 8.32. The average Bonchev–Trinajstić information content (AvgIpc) is 2.65. The Kier molecular flexibility index (Phi) is 3.07. The van der Waals surface area contributed by atoms with Crippen LogP contribution < -0.4 is 5.73 Å². The number of amides is 1. The zero-order chi connectivity index (χ0) is 13.5. The van der Waals surface area contributed by atoms with Crippen molar-refractivity contribution < 1.29 is 13.2 Å². The van der Waals surface area contributed by atoms with E-state index in [2.05, 4.69) is 9.97 Å². The van der Waals surface area contributed by atoms with Gasteiger partial charge in [0, 0.05) is 18.0 Å². The Morgan fingerprint density at radius 3 is 2.72 bits per heavy atom. The van der Waals surface area contributed by atoms with Gasteiger partial charge in [-0.3, -0.25) is 4.79 Å². The number of nitrogens with two attached hydrogens (primary N) is 1. The van der Waals surface area contributed by atoms with Gasteiger partial charge in [0.1, 0.15) is 6.33 Å². The highest BCUT2D eigenvalue weighted by Crippen LogP contribution is 2.36. The third-order valence-corrected chi connectivity index (χ3v) is 5.33. The normalized spacial score (nSPS) is 13.7. The number of sulfone groups is 1. The molecule has 2 aromatic heterocycles. The van der Waals surface area contributed by atoms with Gasteiger partial charge < -0.3 is 5.73 Å². The van der Waals surface area contributed by atoms with Crippen LogP contribution >= 0.6 is 11.3 Å². The Hall–Kier alpha value is -1.54. The number of primary amides is 1. The Labute approximate surface area is 108 Å². The molecule has 8 heteroatoms. The maximum absolute atomic E-state index is 11.7. The number of rotatable bonds is 3. The van der Waals surface area contributed by atoms with Crippen molar-refractivity contribution in [2.24, 2.45) is 5.73 Å². The highest BCUT2D eigenvalue weighted by molar-refractivity contribution is 7.90. The number of aromatic nitrogens is 2. The first kappa shape index (κ1) is 12.9. The summed E-state index contributed by atoms with van der Waals surface area (Å²) in [5.41, 5.74) is 6.13. The SMILES string of the molecule is CC(c1c(C(N)=O)sc2cncnc12)S(C)(=O)=O. The summed E-state index contributed by atoms with van der Waals surface area (Å²) in [4.78, 5) is 19.5. The maximum atomic E-state index is 11.7. The summed E-state index contributed by atoms with van der Waals surface area (Å²) in [6.45, 7) is 1.52. The standard InChI is InChI=1S/C10H11N3O3S2/c1-5(18(2,15)16)7-8-6(3-12-4-13-8)17-9(7)10(11)14/h3-5H,1-2H3,(H2,11,14). The molecule has 0 spiro atoms. The van der Waals surface area contributed by atoms with Crippen molar-refractivity contribution in [3.05, 3.63) is 23.0 Å². The maximum Gasteiger partial charge on any atom is 0.259 e. The fourth-order valence-electron chi connectivity index (χ4n) is 1.64. The lowest BCUT2D eigenvalue weighted by molar-refractivity contribution is 0.100. The molecular weight excluding hydrogens is 274 g/mol. The predicted octanol–water partition coefficient (Wildman–Crippen LogP) is 0.896. The Bertz CT molecular complexity index is 721. The van der Waals surface area contributed by atoms with E-state index in [-0.39, 0.29) is 4.88 Å². The van der Waals surface area contributed by atoms with E-state index in [4.69, 9.17) is 5.73 Å². The van der Waals surface area contributed by atoms with Gasteiger partial charge in [-0.2, -0.15) is 0 Å². The Morgan fingerprint density at radius 1 is 1.50 bits per heavy atom. The molecule has 96 valence electrons. The predicted molar refractivity (Wildman–Crippen MR) is 69.2 cm³/mol. The molecule has 0 bridgehead atoms. The molecule has 2 N–H and O–H groups in total. The third-order valence-electron chi connectivity index (χ3n) is 2.66. The van der Waals surface area contributed by atoms with E-state index >= 15 is 0 Å². The second-order valence-electron chi connectivity index (χ2n) is 3.92. The third kappa shape index (κ3) is 2.08. The van der Waals surface area contributed by atoms with Gasteiger partial charge >= 0.3 is 0 Å². The molecule has 0 fully saturated rings. The summed E-state index contributed by atoms with van der Waals surface area (Å²) in [6, 6.07) is 0. The van der Waals surface area contributed by atoms with Crippen LogP contribution in [0, 0.1) is 0 Å². The monoisotopic (exact) mass is 285 g/mol. The summed E-state index contributed by atoms with van der Waals surface area (Å²) >= 11 is 1.11. The number of carbonyl (C=O) groups excluding carboxylic acids is 1. The molecule has 2 rings (SSSR count). The highest BCUT2D eigenvalue weighted by Gasteiger charge is 2.27. The van der Waals surface area contributed by atoms with E-state index in [1.165, 1.54) is 19.4 Å². The lowest BCUT2D eigenvalue weighted by atomic mass is 10.1. The van der Waals surface area contributed by atoms with E-state index in [9.17, 15) is 13.2 Å². The van der Waals surface area contributed by atoms with Crippen molar-refractivity contribution in [3.63, 3.8) is 0 Å². The van der Waals surface area contributed by atoms with Crippen molar-refractivity contribution in [1.82, 2.24) is 9.97 Å². The molecule has 0 aliphatic carbocycles. The molecule has 0 aliphatic heterocycles. The zero-order valence-corrected chi connectivity index (χ0v) is 11.4. The minimum atomic E-state index is -3.33. The van der Waals surface area contributed by atoms with E-state index in [0.717, 1.165) is 17.6 Å². The number of carbonyl (C=O) groups is 1. The zero-order valence-electron chi connectivity index (χ0n) is 9.75. The van der Waals surface area contributed by atoms with Crippen LogP contribution in [0.25, 0.3) is 10.2 Å². The Balaban J connectivity index is 2.82. The lowest BCUT2D eigenvalue weighted by Crippen LogP contribution is -2.15. The van der Waals surface area contributed by atoms with Crippen LogP contribution in [0.15, 0.2) is 12.5 Å². The van der Waals surface area contributed by atoms with E-state index in [1.54, 1.807) is 0 Å². The molecule has 0 radical (unpaired) electrons. The number of fused-ring (bicyclic) bond motifs is 1. The summed E-state index contributed by atoms with van der Waals surface area (Å²) in [7, 11) is -3.33. The second kappa shape index (κ2) is 4.29. The molecule has 1 unspecified atom stereocenters. The fraction of sp³-hybridized carbons (Fsp3) is 0.300. The number of nitrogens with zero attached hydrogens (tertiary/aromatic N) is 2. The molecule has 0 aliphatic rings. The van der Waals surface area contributed by atoms with Gasteiger partial charge in [0.15, 0.2) is 9.84 Å². The summed E-state index contributed by atoms with van der Waals surface area (Å²) < 4.78 is 24.0. The molecule has 6 nitrogen and oxygen atoms in total. The van der Waals surface area contributed by atoms with Crippen LogP contribution in [-0.4, -0.2) is 30.5 Å². The van der Waals surface area contributed by atoms with Gasteiger partial charge in [-0.05, 0) is 6.92 Å². The van der Waals surface area contributed by atoms with Gasteiger partial charge in [0.05, 0.1) is 20.3 Å². The first-order valence-electron chi connectivity index (χ1n) is 5.03. The van der Waals surface area contributed by atoms with Crippen LogP contribution in [0.1, 0.15) is 27.4 Å². The molecule has 18 heavy (non-hydrogen) atoms. The van der Waals surface area contributed by atoms with Gasteiger partial charge in [-0.1, -0.05) is 0 Å². The first-order valence-corrected chi connectivity index (χ1v) is 7.80. The molecule has 0 saturated heterocycles.